The standard InChI is InChI=1S/C19H18F3N5O2/c20-19(21,22)15-5-3-6-16(24-15)25-18(29)17-23-13(11-26-9-7-12(28)10-26)14-4-1-2-8-27(14)17/h1-6,8,12,28H,7,9-11H2,(H,24,25,29)/p+1. The number of halogens is 3. The molecule has 4 rings (SSSR count). The SMILES string of the molecule is O=C(Nc1cccc(C(F)(F)F)n1)c1nc(C[NH+]2CCC(O)C2)c2ccccn12. The maximum atomic E-state index is 12.8. The van der Waals surface area contributed by atoms with Crippen molar-refractivity contribution in [3.63, 3.8) is 0 Å². The maximum Gasteiger partial charge on any atom is 0.433 e. The lowest BCUT2D eigenvalue weighted by molar-refractivity contribution is -0.902. The molecular formula is C19H19F3N5O2+. The topological polar surface area (TPSA) is 84.0 Å². The number of aromatic nitrogens is 3. The van der Waals surface area contributed by atoms with Crippen LogP contribution in [0.4, 0.5) is 19.0 Å². The third-order valence-electron chi connectivity index (χ3n) is 4.88. The number of pyridine rings is 2. The van der Waals surface area contributed by atoms with Crippen LogP contribution in [0.25, 0.3) is 5.52 Å². The van der Waals surface area contributed by atoms with Gasteiger partial charge in [0.1, 0.15) is 36.4 Å². The van der Waals surface area contributed by atoms with Crippen LogP contribution in [0, 0.1) is 0 Å². The van der Waals surface area contributed by atoms with Crippen molar-refractivity contribution in [2.75, 3.05) is 18.4 Å². The number of hydrogen-bond donors (Lipinski definition) is 3. The molecule has 2 unspecified atom stereocenters. The molecule has 10 heteroatoms. The fourth-order valence-corrected chi connectivity index (χ4v) is 3.53. The molecular weight excluding hydrogens is 387 g/mol. The number of carbonyl (C=O) groups is 1. The monoisotopic (exact) mass is 406 g/mol. The number of fused-ring (bicyclic) bond motifs is 1. The van der Waals surface area contributed by atoms with Crippen molar-refractivity contribution in [2.24, 2.45) is 0 Å². The maximum absolute atomic E-state index is 12.8. The highest BCUT2D eigenvalue weighted by atomic mass is 19.4. The van der Waals surface area contributed by atoms with Crippen LogP contribution in [0.15, 0.2) is 42.6 Å². The van der Waals surface area contributed by atoms with Crippen LogP contribution in [0.5, 0.6) is 0 Å². The molecule has 1 aliphatic rings. The van der Waals surface area contributed by atoms with Crippen molar-refractivity contribution in [3.05, 3.63) is 59.8 Å². The second-order valence-electron chi connectivity index (χ2n) is 7.02. The van der Waals surface area contributed by atoms with Gasteiger partial charge < -0.3 is 15.3 Å². The summed E-state index contributed by atoms with van der Waals surface area (Å²) in [5.74, 6) is -0.790. The molecule has 1 aliphatic heterocycles. The normalized spacial score (nSPS) is 19.6. The largest absolute Gasteiger partial charge is 0.433 e. The van der Waals surface area contributed by atoms with Crippen LogP contribution in [0.2, 0.25) is 0 Å². The van der Waals surface area contributed by atoms with E-state index in [1.807, 2.05) is 12.1 Å². The minimum atomic E-state index is -4.60. The van der Waals surface area contributed by atoms with E-state index in [1.165, 1.54) is 12.1 Å². The Bertz CT molecular complexity index is 1050. The molecule has 1 amide bonds. The Kier molecular flexibility index (Phi) is 4.97. The molecule has 2 atom stereocenters. The van der Waals surface area contributed by atoms with Gasteiger partial charge in [-0.3, -0.25) is 9.20 Å². The molecule has 0 radical (unpaired) electrons. The van der Waals surface area contributed by atoms with Crippen molar-refractivity contribution >= 4 is 17.2 Å². The third-order valence-corrected chi connectivity index (χ3v) is 4.88. The van der Waals surface area contributed by atoms with E-state index < -0.39 is 17.8 Å². The predicted molar refractivity (Wildman–Crippen MR) is 97.4 cm³/mol. The molecule has 0 aromatic carbocycles. The second kappa shape index (κ2) is 7.45. The Hall–Kier alpha value is -2.98. The average molecular weight is 406 g/mol. The lowest BCUT2D eigenvalue weighted by atomic mass is 10.3. The van der Waals surface area contributed by atoms with E-state index in [2.05, 4.69) is 15.3 Å². The number of likely N-dealkylation sites (tertiary alicyclic amines) is 1. The van der Waals surface area contributed by atoms with E-state index in [-0.39, 0.29) is 17.7 Å². The van der Waals surface area contributed by atoms with Crippen molar-refractivity contribution in [2.45, 2.75) is 25.2 Å². The van der Waals surface area contributed by atoms with Gasteiger partial charge in [0.25, 0.3) is 5.91 Å². The molecule has 0 spiro atoms. The van der Waals surface area contributed by atoms with Gasteiger partial charge in [-0.15, -0.1) is 0 Å². The zero-order valence-electron chi connectivity index (χ0n) is 15.3. The van der Waals surface area contributed by atoms with E-state index in [4.69, 9.17) is 0 Å². The fraction of sp³-hybridized carbons (Fsp3) is 0.316. The Labute approximate surface area is 163 Å². The number of nitrogens with one attached hydrogen (secondary N) is 2. The number of aliphatic hydroxyl groups excluding tert-OH is 1. The minimum absolute atomic E-state index is 0.0638. The van der Waals surface area contributed by atoms with Gasteiger partial charge in [0, 0.05) is 12.6 Å². The summed E-state index contributed by atoms with van der Waals surface area (Å²) >= 11 is 0. The van der Waals surface area contributed by atoms with Crippen molar-refractivity contribution in [1.29, 1.82) is 0 Å². The Morgan fingerprint density at radius 2 is 2.07 bits per heavy atom. The summed E-state index contributed by atoms with van der Waals surface area (Å²) in [4.78, 5) is 21.8. The summed E-state index contributed by atoms with van der Waals surface area (Å²) in [7, 11) is 0. The minimum Gasteiger partial charge on any atom is -0.387 e. The highest BCUT2D eigenvalue weighted by Crippen LogP contribution is 2.28. The highest BCUT2D eigenvalue weighted by Gasteiger charge is 2.33. The lowest BCUT2D eigenvalue weighted by Crippen LogP contribution is -3.09. The molecule has 3 aromatic rings. The van der Waals surface area contributed by atoms with Crippen LogP contribution in [0.3, 0.4) is 0 Å². The van der Waals surface area contributed by atoms with Gasteiger partial charge in [-0.25, -0.2) is 9.97 Å². The summed E-state index contributed by atoms with van der Waals surface area (Å²) in [6, 6.07) is 8.71. The third kappa shape index (κ3) is 4.08. The van der Waals surface area contributed by atoms with Crippen molar-refractivity contribution in [1.82, 2.24) is 14.4 Å². The first-order chi connectivity index (χ1) is 13.8. The number of carbonyl (C=O) groups excluding carboxylic acids is 1. The van der Waals surface area contributed by atoms with E-state index in [0.717, 1.165) is 29.4 Å². The van der Waals surface area contributed by atoms with Crippen LogP contribution < -0.4 is 10.2 Å². The zero-order valence-corrected chi connectivity index (χ0v) is 15.3. The predicted octanol–water partition coefficient (Wildman–Crippen LogP) is 1.15. The first kappa shape index (κ1) is 19.3. The van der Waals surface area contributed by atoms with Gasteiger partial charge in [0.2, 0.25) is 5.82 Å². The number of alkyl halides is 3. The number of quaternary nitrogens is 1. The second-order valence-corrected chi connectivity index (χ2v) is 7.02. The Balaban J connectivity index is 1.61. The van der Waals surface area contributed by atoms with Crippen molar-refractivity contribution < 1.29 is 28.0 Å². The Morgan fingerprint density at radius 3 is 2.79 bits per heavy atom. The number of aliphatic hydroxyl groups is 1. The molecule has 3 aromatic heterocycles. The van der Waals surface area contributed by atoms with Crippen LogP contribution in [0.1, 0.15) is 28.4 Å². The molecule has 0 aliphatic carbocycles. The number of anilines is 1. The number of imidazole rings is 1. The molecule has 4 heterocycles. The molecule has 7 nitrogen and oxygen atoms in total. The number of nitrogens with zero attached hydrogens (tertiary/aromatic N) is 3. The van der Waals surface area contributed by atoms with Gasteiger partial charge in [0.05, 0.1) is 12.1 Å². The first-order valence-electron chi connectivity index (χ1n) is 9.14. The summed E-state index contributed by atoms with van der Waals surface area (Å²) in [6.45, 7) is 1.96. The Morgan fingerprint density at radius 1 is 1.24 bits per heavy atom. The van der Waals surface area contributed by atoms with Gasteiger partial charge in [-0.1, -0.05) is 12.1 Å². The van der Waals surface area contributed by atoms with Crippen molar-refractivity contribution in [3.8, 4) is 0 Å². The quantitative estimate of drug-likeness (QED) is 0.607. The molecule has 0 bridgehead atoms. The first-order valence-corrected chi connectivity index (χ1v) is 9.14. The van der Waals surface area contributed by atoms with Gasteiger partial charge in [-0.05, 0) is 24.3 Å². The van der Waals surface area contributed by atoms with E-state index >= 15 is 0 Å². The zero-order chi connectivity index (χ0) is 20.6. The van der Waals surface area contributed by atoms with Gasteiger partial charge in [0.15, 0.2) is 0 Å². The molecule has 152 valence electrons. The summed E-state index contributed by atoms with van der Waals surface area (Å²) in [5.41, 5.74) is 0.348. The van der Waals surface area contributed by atoms with Gasteiger partial charge in [-0.2, -0.15) is 13.2 Å². The smallest absolute Gasteiger partial charge is 0.387 e. The molecule has 0 saturated carbocycles. The number of amides is 1. The van der Waals surface area contributed by atoms with E-state index in [1.54, 1.807) is 16.7 Å². The van der Waals surface area contributed by atoms with Crippen LogP contribution in [-0.4, -0.2) is 44.6 Å². The van der Waals surface area contributed by atoms with Gasteiger partial charge >= 0.3 is 6.18 Å². The van der Waals surface area contributed by atoms with Crippen LogP contribution >= 0.6 is 0 Å². The molecule has 1 fully saturated rings. The summed E-state index contributed by atoms with van der Waals surface area (Å²) in [6.07, 6.45) is -2.55. The number of rotatable bonds is 4. The molecule has 29 heavy (non-hydrogen) atoms. The highest BCUT2D eigenvalue weighted by molar-refractivity contribution is 6.02. The molecule has 1 saturated heterocycles. The lowest BCUT2D eigenvalue weighted by Gasteiger charge is -2.10. The van der Waals surface area contributed by atoms with E-state index in [0.29, 0.717) is 18.8 Å². The number of hydrogen-bond acceptors (Lipinski definition) is 4. The van der Waals surface area contributed by atoms with Crippen LogP contribution in [-0.2, 0) is 12.7 Å². The average Bonchev–Trinajstić information content (AvgIpc) is 3.25. The van der Waals surface area contributed by atoms with E-state index in [9.17, 15) is 23.1 Å². The summed E-state index contributed by atoms with van der Waals surface area (Å²) < 4.78 is 40.1. The molecule has 3 N–H and O–H groups in total. The fourth-order valence-electron chi connectivity index (χ4n) is 3.53. The summed E-state index contributed by atoms with van der Waals surface area (Å²) in [5, 5.41) is 12.1.